The van der Waals surface area contributed by atoms with Crippen LogP contribution in [0.25, 0.3) is 0 Å². The second-order valence-electron chi connectivity index (χ2n) is 4.96. The Bertz CT molecular complexity index is 595. The smallest absolute Gasteiger partial charge is 0.263 e. The van der Waals surface area contributed by atoms with Crippen LogP contribution in [0.15, 0.2) is 24.1 Å². The van der Waals surface area contributed by atoms with Crippen LogP contribution in [-0.4, -0.2) is 37.7 Å². The van der Waals surface area contributed by atoms with E-state index in [0.717, 1.165) is 18.7 Å². The highest BCUT2D eigenvalue weighted by atomic mass is 32.1. The summed E-state index contributed by atoms with van der Waals surface area (Å²) >= 11 is 1.30. The first-order chi connectivity index (χ1) is 9.66. The molecule has 0 spiro atoms. The summed E-state index contributed by atoms with van der Waals surface area (Å²) in [6.07, 6.45) is 6.13. The molecule has 3 rings (SSSR count). The Kier molecular flexibility index (Phi) is 3.54. The molecular formula is C13H16N4O2S. The van der Waals surface area contributed by atoms with Gasteiger partial charge in [-0.3, -0.25) is 9.78 Å². The number of imidazole rings is 1. The zero-order chi connectivity index (χ0) is 14.1. The van der Waals surface area contributed by atoms with Gasteiger partial charge in [0.15, 0.2) is 0 Å². The maximum Gasteiger partial charge on any atom is 0.263 e. The van der Waals surface area contributed by atoms with Crippen molar-refractivity contribution in [3.63, 3.8) is 0 Å². The molecule has 7 heteroatoms. The van der Waals surface area contributed by atoms with E-state index < -0.39 is 6.10 Å². The van der Waals surface area contributed by atoms with Gasteiger partial charge >= 0.3 is 0 Å². The van der Waals surface area contributed by atoms with E-state index in [1.165, 1.54) is 11.3 Å². The van der Waals surface area contributed by atoms with Crippen LogP contribution in [0.5, 0.6) is 0 Å². The number of nitrogens with one attached hydrogen (secondary N) is 1. The Hall–Kier alpha value is -1.73. The third-order valence-corrected chi connectivity index (χ3v) is 4.54. The number of hydrogen-bond acceptors (Lipinski definition) is 5. The van der Waals surface area contributed by atoms with E-state index in [1.807, 2.05) is 17.7 Å². The van der Waals surface area contributed by atoms with Crippen molar-refractivity contribution in [2.24, 2.45) is 0 Å². The van der Waals surface area contributed by atoms with E-state index in [0.29, 0.717) is 4.88 Å². The Morgan fingerprint density at radius 2 is 2.40 bits per heavy atom. The summed E-state index contributed by atoms with van der Waals surface area (Å²) in [5, 5.41) is 13.3. The number of amides is 1. The minimum Gasteiger partial charge on any atom is -0.389 e. The summed E-state index contributed by atoms with van der Waals surface area (Å²) in [4.78, 5) is 20.6. The van der Waals surface area contributed by atoms with E-state index in [-0.39, 0.29) is 18.0 Å². The Labute approximate surface area is 120 Å². The van der Waals surface area contributed by atoms with E-state index in [2.05, 4.69) is 15.3 Å². The largest absolute Gasteiger partial charge is 0.389 e. The van der Waals surface area contributed by atoms with Crippen molar-refractivity contribution in [3.8, 4) is 0 Å². The molecule has 0 saturated heterocycles. The van der Waals surface area contributed by atoms with E-state index in [9.17, 15) is 9.90 Å². The zero-order valence-electron chi connectivity index (χ0n) is 11.1. The first kappa shape index (κ1) is 13.3. The number of hydrogen-bond donors (Lipinski definition) is 2. The van der Waals surface area contributed by atoms with Crippen LogP contribution < -0.4 is 5.32 Å². The molecule has 1 aliphatic rings. The molecule has 6 nitrogen and oxygen atoms in total. The van der Waals surface area contributed by atoms with Gasteiger partial charge in [0, 0.05) is 12.4 Å². The number of aliphatic hydroxyl groups is 1. The lowest BCUT2D eigenvalue weighted by Crippen LogP contribution is -2.41. The Balaban J connectivity index is 1.68. The van der Waals surface area contributed by atoms with Crippen molar-refractivity contribution in [1.82, 2.24) is 19.9 Å². The molecule has 0 radical (unpaired) electrons. The van der Waals surface area contributed by atoms with Gasteiger partial charge in [-0.25, -0.2) is 4.98 Å². The Morgan fingerprint density at radius 3 is 3.05 bits per heavy atom. The third kappa shape index (κ3) is 2.34. The van der Waals surface area contributed by atoms with Gasteiger partial charge in [0.05, 0.1) is 29.9 Å². The van der Waals surface area contributed by atoms with Gasteiger partial charge in [-0.15, -0.1) is 11.3 Å². The molecule has 3 atom stereocenters. The fraction of sp³-hybridized carbons (Fsp3) is 0.462. The Morgan fingerprint density at radius 1 is 1.55 bits per heavy atom. The zero-order valence-corrected chi connectivity index (χ0v) is 11.9. The second-order valence-corrected chi connectivity index (χ2v) is 5.85. The van der Waals surface area contributed by atoms with E-state index in [4.69, 9.17) is 0 Å². The molecule has 1 saturated carbocycles. The van der Waals surface area contributed by atoms with Crippen LogP contribution in [-0.2, 0) is 0 Å². The number of thiazole rings is 1. The van der Waals surface area contributed by atoms with Crippen molar-refractivity contribution in [2.45, 2.75) is 38.0 Å². The van der Waals surface area contributed by atoms with Gasteiger partial charge in [-0.1, -0.05) is 0 Å². The third-order valence-electron chi connectivity index (χ3n) is 3.77. The highest BCUT2D eigenvalue weighted by molar-refractivity contribution is 7.11. The summed E-state index contributed by atoms with van der Waals surface area (Å²) in [5.74, 6) is 0.711. The standard InChI is InChI=1S/C13H16N4O2S/c1-8-15-4-5-17(8)10-3-2-9(12(10)18)16-13(19)11-6-14-7-20-11/h4-7,9-10,12,18H,2-3H2,1H3,(H,16,19)/t9-,10-,12-/m1/s1. The minimum atomic E-state index is -0.597. The number of aliphatic hydroxyl groups excluding tert-OH is 1. The van der Waals surface area contributed by atoms with Crippen LogP contribution in [0, 0.1) is 6.92 Å². The van der Waals surface area contributed by atoms with Gasteiger partial charge in [-0.05, 0) is 19.8 Å². The van der Waals surface area contributed by atoms with Crippen LogP contribution in [0.3, 0.4) is 0 Å². The summed E-state index contributed by atoms with van der Waals surface area (Å²) in [7, 11) is 0. The van der Waals surface area contributed by atoms with Gasteiger partial charge in [0.2, 0.25) is 0 Å². The molecule has 1 fully saturated rings. The number of aryl methyl sites for hydroxylation is 1. The first-order valence-corrected chi connectivity index (χ1v) is 7.41. The number of carbonyl (C=O) groups excluding carboxylic acids is 1. The first-order valence-electron chi connectivity index (χ1n) is 6.53. The summed E-state index contributed by atoms with van der Waals surface area (Å²) < 4.78 is 1.98. The summed E-state index contributed by atoms with van der Waals surface area (Å²) in [6, 6.07) is -0.249. The fourth-order valence-corrected chi connectivity index (χ4v) is 3.25. The fourth-order valence-electron chi connectivity index (χ4n) is 2.73. The van der Waals surface area contributed by atoms with Crippen molar-refractivity contribution in [3.05, 3.63) is 34.8 Å². The molecular weight excluding hydrogens is 276 g/mol. The van der Waals surface area contributed by atoms with Crippen LogP contribution >= 0.6 is 11.3 Å². The molecule has 1 aliphatic carbocycles. The SMILES string of the molecule is Cc1nccn1[C@@H]1CC[C@@H](NC(=O)c2cncs2)[C@H]1O. The summed E-state index contributed by atoms with van der Waals surface area (Å²) in [6.45, 7) is 1.91. The average molecular weight is 292 g/mol. The topological polar surface area (TPSA) is 80.0 Å². The van der Waals surface area contributed by atoms with Crippen LogP contribution in [0.1, 0.15) is 34.4 Å². The molecule has 2 aromatic heterocycles. The predicted molar refractivity (Wildman–Crippen MR) is 74.6 cm³/mol. The lowest BCUT2D eigenvalue weighted by molar-refractivity contribution is 0.0815. The van der Waals surface area contributed by atoms with Gasteiger partial charge in [0.25, 0.3) is 5.91 Å². The minimum absolute atomic E-state index is 0.0238. The number of carbonyl (C=O) groups is 1. The molecule has 0 bridgehead atoms. The molecule has 20 heavy (non-hydrogen) atoms. The van der Waals surface area contributed by atoms with E-state index >= 15 is 0 Å². The molecule has 106 valence electrons. The van der Waals surface area contributed by atoms with Crippen molar-refractivity contribution >= 4 is 17.2 Å². The molecule has 1 amide bonds. The molecule has 2 N–H and O–H groups in total. The van der Waals surface area contributed by atoms with Crippen molar-refractivity contribution < 1.29 is 9.90 Å². The van der Waals surface area contributed by atoms with Crippen molar-refractivity contribution in [2.75, 3.05) is 0 Å². The molecule has 2 aromatic rings. The predicted octanol–water partition coefficient (Wildman–Crippen LogP) is 1.14. The van der Waals surface area contributed by atoms with Crippen molar-refractivity contribution in [1.29, 1.82) is 0 Å². The maximum absolute atomic E-state index is 12.0. The van der Waals surface area contributed by atoms with Crippen LogP contribution in [0.2, 0.25) is 0 Å². The van der Waals surface area contributed by atoms with Gasteiger partial charge in [0.1, 0.15) is 10.7 Å². The van der Waals surface area contributed by atoms with E-state index in [1.54, 1.807) is 17.9 Å². The lowest BCUT2D eigenvalue weighted by atomic mass is 10.1. The molecule has 2 heterocycles. The van der Waals surface area contributed by atoms with Gasteiger partial charge < -0.3 is 15.0 Å². The summed E-state index contributed by atoms with van der Waals surface area (Å²) in [5.41, 5.74) is 1.62. The molecule has 0 unspecified atom stereocenters. The normalized spacial score (nSPS) is 25.8. The maximum atomic E-state index is 12.0. The number of nitrogens with zero attached hydrogens (tertiary/aromatic N) is 3. The lowest BCUT2D eigenvalue weighted by Gasteiger charge is -2.22. The highest BCUT2D eigenvalue weighted by Gasteiger charge is 2.37. The highest BCUT2D eigenvalue weighted by Crippen LogP contribution is 2.31. The molecule has 0 aromatic carbocycles. The average Bonchev–Trinajstić information content (AvgIpc) is 3.13. The second kappa shape index (κ2) is 5.34. The van der Waals surface area contributed by atoms with Gasteiger partial charge in [-0.2, -0.15) is 0 Å². The number of aromatic nitrogens is 3. The van der Waals surface area contributed by atoms with Crippen LogP contribution in [0.4, 0.5) is 0 Å². The molecule has 0 aliphatic heterocycles. The quantitative estimate of drug-likeness (QED) is 0.889. The monoisotopic (exact) mass is 292 g/mol. The number of rotatable bonds is 3.